The Morgan fingerprint density at radius 1 is 0.550 bits per heavy atom. The highest BCUT2D eigenvalue weighted by atomic mass is 14.0. The van der Waals surface area contributed by atoms with Crippen LogP contribution in [0.25, 0.3) is 0 Å². The molecule has 0 aliphatic rings. The molecule has 0 N–H and O–H groups in total. The molecule has 0 aliphatic heterocycles. The van der Waals surface area contributed by atoms with Crippen LogP contribution in [-0.4, -0.2) is 0 Å². The Labute approximate surface area is 129 Å². The molecule has 0 heteroatoms. The fraction of sp³-hybridized carbons (Fsp3) is 0.900. The summed E-state index contributed by atoms with van der Waals surface area (Å²) < 4.78 is 0. The van der Waals surface area contributed by atoms with Gasteiger partial charge in [-0.15, -0.1) is 0 Å². The van der Waals surface area contributed by atoms with E-state index in [4.69, 9.17) is 0 Å². The SMILES string of the molecule is CCCCCC/[C]=C/CCCCCCCCCCCC. The summed E-state index contributed by atoms with van der Waals surface area (Å²) in [6, 6.07) is 0. The molecule has 20 heavy (non-hydrogen) atoms. The maximum atomic E-state index is 3.45. The van der Waals surface area contributed by atoms with E-state index in [-0.39, 0.29) is 0 Å². The standard InChI is InChI=1S/C20H39/c1-3-5-7-9-11-13-15-17-19-20-18-16-14-12-10-8-6-4-2/h16H,3-13,15,17-20H2,1-2H3. The lowest BCUT2D eigenvalue weighted by atomic mass is 10.1. The highest BCUT2D eigenvalue weighted by Crippen LogP contribution is 2.11. The van der Waals surface area contributed by atoms with Crippen LogP contribution in [0.3, 0.4) is 0 Å². The summed E-state index contributed by atoms with van der Waals surface area (Å²) >= 11 is 0. The van der Waals surface area contributed by atoms with Gasteiger partial charge in [0.25, 0.3) is 0 Å². The molecule has 0 bridgehead atoms. The van der Waals surface area contributed by atoms with Crippen molar-refractivity contribution in [1.82, 2.24) is 0 Å². The molecule has 0 aromatic heterocycles. The summed E-state index contributed by atoms with van der Waals surface area (Å²) in [5, 5.41) is 0. The maximum Gasteiger partial charge on any atom is -0.0279 e. The Hall–Kier alpha value is -0.260. The maximum absolute atomic E-state index is 3.45. The van der Waals surface area contributed by atoms with Gasteiger partial charge in [0.05, 0.1) is 0 Å². The molecule has 1 radical (unpaired) electrons. The Bertz CT molecular complexity index is 180. The zero-order valence-corrected chi connectivity index (χ0v) is 14.4. The zero-order valence-electron chi connectivity index (χ0n) is 14.4. The first kappa shape index (κ1) is 19.7. The second-order valence-electron chi connectivity index (χ2n) is 6.19. The average molecular weight is 280 g/mol. The summed E-state index contributed by atoms with van der Waals surface area (Å²) in [4.78, 5) is 0. The first-order valence-electron chi connectivity index (χ1n) is 9.46. The molecule has 0 aliphatic carbocycles. The summed E-state index contributed by atoms with van der Waals surface area (Å²) in [6.07, 6.45) is 27.9. The van der Waals surface area contributed by atoms with Crippen molar-refractivity contribution in [3.05, 3.63) is 12.2 Å². The van der Waals surface area contributed by atoms with Crippen LogP contribution in [0.1, 0.15) is 117 Å². The predicted octanol–water partition coefficient (Wildman–Crippen LogP) is 7.63. The quantitative estimate of drug-likeness (QED) is 0.255. The number of rotatable bonds is 16. The Morgan fingerprint density at radius 2 is 1.00 bits per heavy atom. The van der Waals surface area contributed by atoms with Gasteiger partial charge in [-0.05, 0) is 31.8 Å². The third-order valence-corrected chi connectivity index (χ3v) is 4.02. The van der Waals surface area contributed by atoms with Crippen LogP contribution in [0.5, 0.6) is 0 Å². The van der Waals surface area contributed by atoms with Crippen molar-refractivity contribution in [3.8, 4) is 0 Å². The Morgan fingerprint density at radius 3 is 1.55 bits per heavy atom. The number of allylic oxidation sites excluding steroid dienone is 2. The van der Waals surface area contributed by atoms with Gasteiger partial charge in [-0.1, -0.05) is 97.0 Å². The first-order valence-corrected chi connectivity index (χ1v) is 9.46. The third kappa shape index (κ3) is 17.7. The van der Waals surface area contributed by atoms with Crippen molar-refractivity contribution in [2.45, 2.75) is 117 Å². The summed E-state index contributed by atoms with van der Waals surface area (Å²) in [5.41, 5.74) is 0. The highest BCUT2D eigenvalue weighted by Gasteiger charge is 1.92. The van der Waals surface area contributed by atoms with E-state index in [0.717, 1.165) is 0 Å². The molecule has 0 nitrogen and oxygen atoms in total. The molecule has 0 amide bonds. The summed E-state index contributed by atoms with van der Waals surface area (Å²) in [6.45, 7) is 4.56. The normalized spacial score (nSPS) is 11.5. The highest BCUT2D eigenvalue weighted by molar-refractivity contribution is 4.73. The van der Waals surface area contributed by atoms with Crippen molar-refractivity contribution in [2.75, 3.05) is 0 Å². The molecule has 0 fully saturated rings. The number of hydrogen-bond donors (Lipinski definition) is 0. The molecule has 119 valence electrons. The van der Waals surface area contributed by atoms with Crippen LogP contribution in [0.4, 0.5) is 0 Å². The summed E-state index contributed by atoms with van der Waals surface area (Å²) in [5.74, 6) is 0. The Balaban J connectivity index is 3.00. The second kappa shape index (κ2) is 18.7. The van der Waals surface area contributed by atoms with Gasteiger partial charge in [0.1, 0.15) is 0 Å². The Kier molecular flexibility index (Phi) is 18.5. The van der Waals surface area contributed by atoms with Gasteiger partial charge in [-0.25, -0.2) is 0 Å². The average Bonchev–Trinajstić information content (AvgIpc) is 2.47. The van der Waals surface area contributed by atoms with E-state index in [0.29, 0.717) is 0 Å². The molecule has 0 atom stereocenters. The van der Waals surface area contributed by atoms with Gasteiger partial charge >= 0.3 is 0 Å². The van der Waals surface area contributed by atoms with E-state index in [1.54, 1.807) is 0 Å². The van der Waals surface area contributed by atoms with Crippen molar-refractivity contribution in [1.29, 1.82) is 0 Å². The largest absolute Gasteiger partial charge is 0.0811 e. The molecule has 0 saturated heterocycles. The van der Waals surface area contributed by atoms with Crippen molar-refractivity contribution >= 4 is 0 Å². The van der Waals surface area contributed by atoms with Gasteiger partial charge in [0.15, 0.2) is 0 Å². The fourth-order valence-corrected chi connectivity index (χ4v) is 2.59. The minimum absolute atomic E-state index is 1.18. The van der Waals surface area contributed by atoms with E-state index < -0.39 is 0 Å². The van der Waals surface area contributed by atoms with Gasteiger partial charge in [-0.3, -0.25) is 0 Å². The molecule has 0 unspecified atom stereocenters. The van der Waals surface area contributed by atoms with Gasteiger partial charge in [0, 0.05) is 0 Å². The molecule has 0 heterocycles. The lowest BCUT2D eigenvalue weighted by Crippen LogP contribution is -1.81. The molecule has 0 saturated carbocycles. The molecule has 0 aromatic rings. The van der Waals surface area contributed by atoms with Crippen molar-refractivity contribution < 1.29 is 0 Å². The zero-order chi connectivity index (χ0) is 14.7. The fourth-order valence-electron chi connectivity index (χ4n) is 2.59. The van der Waals surface area contributed by atoms with Crippen LogP contribution in [0.2, 0.25) is 0 Å². The topological polar surface area (TPSA) is 0 Å². The van der Waals surface area contributed by atoms with Crippen molar-refractivity contribution in [2.24, 2.45) is 0 Å². The smallest absolute Gasteiger partial charge is 0.0279 e. The number of hydrogen-bond acceptors (Lipinski definition) is 0. The van der Waals surface area contributed by atoms with Crippen LogP contribution >= 0.6 is 0 Å². The van der Waals surface area contributed by atoms with Gasteiger partial charge in [0.2, 0.25) is 0 Å². The van der Waals surface area contributed by atoms with E-state index in [1.807, 2.05) is 0 Å². The van der Waals surface area contributed by atoms with Crippen LogP contribution < -0.4 is 0 Å². The van der Waals surface area contributed by atoms with Crippen LogP contribution in [0, 0.1) is 6.08 Å². The molecular formula is C20H39. The third-order valence-electron chi connectivity index (χ3n) is 4.02. The van der Waals surface area contributed by atoms with E-state index in [1.165, 1.54) is 103 Å². The van der Waals surface area contributed by atoms with Crippen molar-refractivity contribution in [3.63, 3.8) is 0 Å². The first-order chi connectivity index (χ1) is 9.91. The minimum Gasteiger partial charge on any atom is -0.0811 e. The van der Waals surface area contributed by atoms with Crippen LogP contribution in [0.15, 0.2) is 6.08 Å². The molecule has 0 spiro atoms. The van der Waals surface area contributed by atoms with E-state index >= 15 is 0 Å². The predicted molar refractivity (Wildman–Crippen MR) is 93.0 cm³/mol. The second-order valence-corrected chi connectivity index (χ2v) is 6.19. The lowest BCUT2D eigenvalue weighted by molar-refractivity contribution is 0.557. The van der Waals surface area contributed by atoms with Gasteiger partial charge in [-0.2, -0.15) is 0 Å². The molecule has 0 aromatic carbocycles. The lowest BCUT2D eigenvalue weighted by Gasteiger charge is -2.01. The van der Waals surface area contributed by atoms with Crippen LogP contribution in [-0.2, 0) is 0 Å². The van der Waals surface area contributed by atoms with E-state index in [9.17, 15) is 0 Å². The monoisotopic (exact) mass is 279 g/mol. The van der Waals surface area contributed by atoms with E-state index in [2.05, 4.69) is 26.0 Å². The summed E-state index contributed by atoms with van der Waals surface area (Å²) in [7, 11) is 0. The minimum atomic E-state index is 1.18. The molecule has 0 rings (SSSR count). The number of unbranched alkanes of at least 4 members (excludes halogenated alkanes) is 14. The molecular weight excluding hydrogens is 240 g/mol. The van der Waals surface area contributed by atoms with Gasteiger partial charge < -0.3 is 0 Å².